The van der Waals surface area contributed by atoms with E-state index in [4.69, 9.17) is 11.6 Å². The lowest BCUT2D eigenvalue weighted by molar-refractivity contribution is -0.126. The van der Waals surface area contributed by atoms with Crippen molar-refractivity contribution in [1.82, 2.24) is 5.43 Å². The first kappa shape index (κ1) is 21.2. The molecule has 0 aromatic heterocycles. The average Bonchev–Trinajstić information content (AvgIpc) is 3.12. The molecule has 1 amide bonds. The van der Waals surface area contributed by atoms with Crippen molar-refractivity contribution in [3.05, 3.63) is 82.9 Å². The van der Waals surface area contributed by atoms with Gasteiger partial charge < -0.3 is 5.11 Å². The lowest BCUT2D eigenvalue weighted by Gasteiger charge is -2.28. The summed E-state index contributed by atoms with van der Waals surface area (Å²) in [6.07, 6.45) is 1.25. The topological polar surface area (TPSA) is 78.8 Å². The van der Waals surface area contributed by atoms with E-state index in [1.165, 1.54) is 0 Å². The number of hydrogen-bond donors (Lipinski definition) is 2. The van der Waals surface area contributed by atoms with Crippen molar-refractivity contribution in [2.45, 2.75) is 25.7 Å². The first-order chi connectivity index (χ1) is 15.1. The summed E-state index contributed by atoms with van der Waals surface area (Å²) in [5.41, 5.74) is 3.40. The van der Waals surface area contributed by atoms with E-state index in [0.29, 0.717) is 34.7 Å². The van der Waals surface area contributed by atoms with Gasteiger partial charge in [-0.05, 0) is 36.1 Å². The van der Waals surface area contributed by atoms with Gasteiger partial charge in [0, 0.05) is 29.2 Å². The summed E-state index contributed by atoms with van der Waals surface area (Å²) in [5, 5.41) is 16.1. The minimum Gasteiger partial charge on any atom is -0.396 e. The van der Waals surface area contributed by atoms with Crippen LogP contribution in [-0.4, -0.2) is 29.1 Å². The van der Waals surface area contributed by atoms with Gasteiger partial charge >= 0.3 is 0 Å². The van der Waals surface area contributed by atoms with Gasteiger partial charge in [-0.2, -0.15) is 5.10 Å². The maximum absolute atomic E-state index is 13.2. The normalized spacial score (nSPS) is 18.1. The first-order valence-electron chi connectivity index (χ1n) is 10.3. The van der Waals surface area contributed by atoms with Crippen molar-refractivity contribution in [1.29, 1.82) is 0 Å². The van der Waals surface area contributed by atoms with Crippen molar-refractivity contribution in [2.75, 3.05) is 6.61 Å². The largest absolute Gasteiger partial charge is 0.396 e. The van der Waals surface area contributed by atoms with Crippen LogP contribution in [0.15, 0.2) is 71.8 Å². The predicted octanol–water partition coefficient (Wildman–Crippen LogP) is 4.75. The third-order valence-corrected chi connectivity index (χ3v) is 6.25. The van der Waals surface area contributed by atoms with E-state index in [9.17, 15) is 14.7 Å². The standard InChI is InChI=1S/C25H23ClN2O3/c26-21-12-4-3-10-20(21)23-25(14-6-16-29,24(31)28-27-23)15-13-22(30)19-11-5-8-17-7-1-2-9-18(17)19/h1-5,7-12,29H,6,13-16H2,(H,28,31)/t25-/m0/s1. The fourth-order valence-electron chi connectivity index (χ4n) is 4.30. The molecule has 3 aromatic carbocycles. The highest BCUT2D eigenvalue weighted by molar-refractivity contribution is 6.36. The van der Waals surface area contributed by atoms with Gasteiger partial charge in [-0.25, -0.2) is 5.43 Å². The molecular formula is C25H23ClN2O3. The summed E-state index contributed by atoms with van der Waals surface area (Å²) in [7, 11) is 0. The highest BCUT2D eigenvalue weighted by Gasteiger charge is 2.47. The second-order valence-corrected chi connectivity index (χ2v) is 8.15. The molecule has 31 heavy (non-hydrogen) atoms. The van der Waals surface area contributed by atoms with Crippen molar-refractivity contribution in [3.8, 4) is 0 Å². The number of amides is 1. The Morgan fingerprint density at radius 2 is 1.74 bits per heavy atom. The summed E-state index contributed by atoms with van der Waals surface area (Å²) >= 11 is 6.40. The van der Waals surface area contributed by atoms with E-state index in [1.807, 2.05) is 60.7 Å². The maximum Gasteiger partial charge on any atom is 0.252 e. The Hall–Kier alpha value is -3.02. The second kappa shape index (κ2) is 9.00. The van der Waals surface area contributed by atoms with Gasteiger partial charge in [-0.15, -0.1) is 0 Å². The monoisotopic (exact) mass is 434 g/mol. The molecule has 4 rings (SSSR count). The Labute approximate surface area is 185 Å². The van der Waals surface area contributed by atoms with Crippen molar-refractivity contribution in [2.24, 2.45) is 10.5 Å². The minimum absolute atomic E-state index is 0.0293. The number of rotatable bonds is 8. The number of hydrogen-bond acceptors (Lipinski definition) is 4. The molecule has 0 unspecified atom stereocenters. The number of aliphatic hydroxyl groups excluding tert-OH is 1. The number of carbonyl (C=O) groups is 2. The van der Waals surface area contributed by atoms with Crippen LogP contribution >= 0.6 is 11.6 Å². The summed E-state index contributed by atoms with van der Waals surface area (Å²) < 4.78 is 0. The Morgan fingerprint density at radius 3 is 2.55 bits per heavy atom. The van der Waals surface area contributed by atoms with Gasteiger partial charge in [0.2, 0.25) is 0 Å². The first-order valence-corrected chi connectivity index (χ1v) is 10.7. The van der Waals surface area contributed by atoms with E-state index in [-0.39, 0.29) is 31.1 Å². The van der Waals surface area contributed by atoms with Crippen LogP contribution < -0.4 is 5.43 Å². The van der Waals surface area contributed by atoms with Crippen LogP contribution in [0.2, 0.25) is 5.02 Å². The zero-order valence-corrected chi connectivity index (χ0v) is 17.7. The van der Waals surface area contributed by atoms with Gasteiger partial charge in [-0.1, -0.05) is 72.3 Å². The average molecular weight is 435 g/mol. The molecule has 5 nitrogen and oxygen atoms in total. The number of Topliss-reactive ketones (excluding diaryl/α,β-unsaturated/α-hetero) is 1. The molecule has 0 spiro atoms. The number of hydrazone groups is 1. The summed E-state index contributed by atoms with van der Waals surface area (Å²) in [4.78, 5) is 26.2. The number of ketones is 1. The lowest BCUT2D eigenvalue weighted by Crippen LogP contribution is -2.39. The van der Waals surface area contributed by atoms with Crippen LogP contribution in [0.25, 0.3) is 10.8 Å². The number of nitrogens with one attached hydrogen (secondary N) is 1. The predicted molar refractivity (Wildman–Crippen MR) is 122 cm³/mol. The molecule has 1 atom stereocenters. The highest BCUT2D eigenvalue weighted by Crippen LogP contribution is 2.40. The van der Waals surface area contributed by atoms with Crippen molar-refractivity contribution < 1.29 is 14.7 Å². The zero-order chi connectivity index (χ0) is 21.8. The summed E-state index contributed by atoms with van der Waals surface area (Å²) in [6, 6.07) is 20.7. The molecule has 0 radical (unpaired) electrons. The SMILES string of the molecule is O=C(CC[C@]1(CCCO)C(=O)NN=C1c1ccccc1Cl)c1cccc2ccccc12. The number of fused-ring (bicyclic) bond motifs is 1. The van der Waals surface area contributed by atoms with Gasteiger partial charge in [-0.3, -0.25) is 9.59 Å². The van der Waals surface area contributed by atoms with E-state index in [2.05, 4.69) is 10.5 Å². The molecule has 0 saturated heterocycles. The molecule has 0 fully saturated rings. The van der Waals surface area contributed by atoms with Gasteiger partial charge in [0.05, 0.1) is 11.1 Å². The summed E-state index contributed by atoms with van der Waals surface area (Å²) in [5.74, 6) is -0.292. The fourth-order valence-corrected chi connectivity index (χ4v) is 4.52. The zero-order valence-electron chi connectivity index (χ0n) is 17.0. The van der Waals surface area contributed by atoms with Crippen LogP contribution in [0.5, 0.6) is 0 Å². The molecule has 6 heteroatoms. The molecule has 3 aromatic rings. The van der Waals surface area contributed by atoms with Crippen LogP contribution in [-0.2, 0) is 4.79 Å². The van der Waals surface area contributed by atoms with Crippen LogP contribution in [0.3, 0.4) is 0 Å². The van der Waals surface area contributed by atoms with E-state index >= 15 is 0 Å². The Bertz CT molecular complexity index is 1170. The Morgan fingerprint density at radius 1 is 1.00 bits per heavy atom. The van der Waals surface area contributed by atoms with E-state index < -0.39 is 5.41 Å². The third-order valence-electron chi connectivity index (χ3n) is 5.92. The summed E-state index contributed by atoms with van der Waals surface area (Å²) in [6.45, 7) is -0.0535. The molecule has 0 aliphatic carbocycles. The molecule has 158 valence electrons. The third kappa shape index (κ3) is 3.99. The van der Waals surface area contributed by atoms with Gasteiger partial charge in [0.15, 0.2) is 5.78 Å². The minimum atomic E-state index is -1.02. The van der Waals surface area contributed by atoms with E-state index in [0.717, 1.165) is 10.8 Å². The maximum atomic E-state index is 13.2. The van der Waals surface area contributed by atoms with Crippen LogP contribution in [0, 0.1) is 5.41 Å². The van der Waals surface area contributed by atoms with Crippen LogP contribution in [0.1, 0.15) is 41.6 Å². The molecule has 1 heterocycles. The Balaban J connectivity index is 1.66. The lowest BCUT2D eigenvalue weighted by atomic mass is 9.72. The number of benzene rings is 3. The van der Waals surface area contributed by atoms with E-state index in [1.54, 1.807) is 6.07 Å². The smallest absolute Gasteiger partial charge is 0.252 e. The van der Waals surface area contributed by atoms with Crippen LogP contribution in [0.4, 0.5) is 0 Å². The number of halogens is 1. The molecule has 0 saturated carbocycles. The molecule has 2 N–H and O–H groups in total. The van der Waals surface area contributed by atoms with Crippen molar-refractivity contribution >= 4 is 39.8 Å². The molecule has 1 aliphatic heterocycles. The molecule has 0 bridgehead atoms. The number of carbonyl (C=O) groups excluding carboxylic acids is 2. The second-order valence-electron chi connectivity index (χ2n) is 7.74. The highest BCUT2D eigenvalue weighted by atomic mass is 35.5. The van der Waals surface area contributed by atoms with Crippen molar-refractivity contribution in [3.63, 3.8) is 0 Å². The van der Waals surface area contributed by atoms with Gasteiger partial charge in [0.25, 0.3) is 5.91 Å². The Kier molecular flexibility index (Phi) is 6.16. The number of nitrogens with zero attached hydrogens (tertiary/aromatic N) is 1. The fraction of sp³-hybridized carbons (Fsp3) is 0.240. The molecule has 1 aliphatic rings. The number of aliphatic hydroxyl groups is 1. The molecular weight excluding hydrogens is 412 g/mol. The van der Waals surface area contributed by atoms with Gasteiger partial charge in [0.1, 0.15) is 0 Å². The quantitative estimate of drug-likeness (QED) is 0.502.